The van der Waals surface area contributed by atoms with Crippen molar-refractivity contribution in [2.45, 2.75) is 125 Å². The number of urea groups is 1. The maximum atomic E-state index is 10.5. The minimum absolute atomic E-state index is 0. The van der Waals surface area contributed by atoms with Crippen LogP contribution in [0.1, 0.15) is 114 Å². The molecule has 0 aromatic heterocycles. The molecule has 0 aliphatic heterocycles. The third-order valence-electron chi connectivity index (χ3n) is 4.35. The fourth-order valence-electron chi connectivity index (χ4n) is 2.23. The second-order valence-electron chi connectivity index (χ2n) is 9.54. The topological polar surface area (TPSA) is 84.6 Å². The average Bonchev–Trinajstić information content (AvgIpc) is 2.51. The Labute approximate surface area is 203 Å². The van der Waals surface area contributed by atoms with Crippen LogP contribution in [0.3, 0.4) is 0 Å². The summed E-state index contributed by atoms with van der Waals surface area (Å²) >= 11 is 0. The Balaban J connectivity index is -0.000000135. The Morgan fingerprint density at radius 2 is 1.43 bits per heavy atom. The molecular formula is C24H55N2O3W-. The molecular weight excluding hydrogens is 548 g/mol. The van der Waals surface area contributed by atoms with Crippen molar-refractivity contribution in [2.75, 3.05) is 13.2 Å². The van der Waals surface area contributed by atoms with E-state index >= 15 is 0 Å². The molecule has 30 heavy (non-hydrogen) atoms. The van der Waals surface area contributed by atoms with Gasteiger partial charge in [-0.05, 0) is 58.8 Å². The van der Waals surface area contributed by atoms with Crippen LogP contribution >= 0.6 is 0 Å². The maximum Gasteiger partial charge on any atom is 0.312 e. The summed E-state index contributed by atoms with van der Waals surface area (Å²) in [5.74, 6) is 0. The first-order valence-corrected chi connectivity index (χ1v) is 11.1. The summed E-state index contributed by atoms with van der Waals surface area (Å²) in [5, 5.41) is 12.1. The number of hydrogen-bond donors (Lipinski definition) is 3. The largest absolute Gasteiger partial charge is 0.390 e. The third kappa shape index (κ3) is 38.5. The summed E-state index contributed by atoms with van der Waals surface area (Å²) in [6, 6.07) is -0.495. The molecule has 0 unspecified atom stereocenters. The molecule has 0 aliphatic rings. The van der Waals surface area contributed by atoms with Crippen LogP contribution in [-0.2, 0) is 25.8 Å². The number of hydrogen-bond acceptors (Lipinski definition) is 3. The zero-order valence-electron chi connectivity index (χ0n) is 22.1. The number of primary amides is 1. The van der Waals surface area contributed by atoms with E-state index in [9.17, 15) is 9.90 Å². The quantitative estimate of drug-likeness (QED) is 0.187. The normalized spacial score (nSPS) is 10.9. The van der Waals surface area contributed by atoms with Crippen molar-refractivity contribution >= 4 is 6.03 Å². The van der Waals surface area contributed by atoms with Crippen molar-refractivity contribution in [3.8, 4) is 0 Å². The molecule has 0 aliphatic carbocycles. The number of ether oxygens (including phenoxy) is 1. The van der Waals surface area contributed by atoms with Crippen LogP contribution in [0.2, 0.25) is 0 Å². The average molecular weight is 604 g/mol. The van der Waals surface area contributed by atoms with Crippen LogP contribution in [0.25, 0.3) is 0 Å². The molecule has 0 heterocycles. The van der Waals surface area contributed by atoms with Gasteiger partial charge in [0.05, 0.1) is 17.8 Å². The van der Waals surface area contributed by atoms with Gasteiger partial charge in [-0.25, -0.2) is 4.79 Å². The second kappa shape index (κ2) is 22.1. The molecule has 6 heteroatoms. The van der Waals surface area contributed by atoms with Gasteiger partial charge in [-0.1, -0.05) is 60.8 Å². The Morgan fingerprint density at radius 1 is 0.967 bits per heavy atom. The molecule has 0 fully saturated rings. The van der Waals surface area contributed by atoms with E-state index in [0.717, 1.165) is 12.8 Å². The van der Waals surface area contributed by atoms with Crippen molar-refractivity contribution in [2.24, 2.45) is 11.1 Å². The molecule has 0 atom stereocenters. The minimum atomic E-state index is -0.691. The van der Waals surface area contributed by atoms with Crippen molar-refractivity contribution in [3.63, 3.8) is 0 Å². The molecule has 0 spiro atoms. The molecule has 0 aromatic rings. The van der Waals surface area contributed by atoms with Crippen LogP contribution < -0.4 is 11.1 Å². The number of carbonyl (C=O) groups excluding carboxylic acids is 1. The van der Waals surface area contributed by atoms with Gasteiger partial charge in [0.2, 0.25) is 0 Å². The van der Waals surface area contributed by atoms with E-state index in [2.05, 4.69) is 46.9 Å². The van der Waals surface area contributed by atoms with E-state index in [1.165, 1.54) is 25.7 Å². The summed E-state index contributed by atoms with van der Waals surface area (Å²) in [7, 11) is 0. The molecule has 4 N–H and O–H groups in total. The van der Waals surface area contributed by atoms with Crippen LogP contribution in [0.15, 0.2) is 0 Å². The molecule has 0 bridgehead atoms. The Hall–Kier alpha value is -0.122. The zero-order chi connectivity index (χ0) is 22.9. The van der Waals surface area contributed by atoms with Crippen LogP contribution in [-0.4, -0.2) is 35.5 Å². The van der Waals surface area contributed by atoms with E-state index < -0.39 is 11.6 Å². The zero-order valence-corrected chi connectivity index (χ0v) is 25.0. The first kappa shape index (κ1) is 40.3. The van der Waals surface area contributed by atoms with E-state index in [4.69, 9.17) is 10.5 Å². The SMILES string of the molecule is CC(C)(O)CCOC(C)(C)CCCNC(N)=O.CCC.CCCC(C)(C)CC.[CH3-].[W]. The predicted octanol–water partition coefficient (Wildman–Crippen LogP) is 6.48. The minimum Gasteiger partial charge on any atom is -0.390 e. The third-order valence-corrected chi connectivity index (χ3v) is 4.35. The molecule has 186 valence electrons. The molecule has 0 saturated heterocycles. The van der Waals surface area contributed by atoms with Gasteiger partial charge in [-0.3, -0.25) is 0 Å². The summed E-state index contributed by atoms with van der Waals surface area (Å²) in [6.07, 6.45) is 7.50. The number of amides is 2. The predicted molar refractivity (Wildman–Crippen MR) is 129 cm³/mol. The molecule has 0 aromatic carbocycles. The van der Waals surface area contributed by atoms with Crippen LogP contribution in [0, 0.1) is 12.8 Å². The number of nitrogens with two attached hydrogens (primary N) is 1. The van der Waals surface area contributed by atoms with Crippen molar-refractivity contribution < 1.29 is 35.7 Å². The maximum absolute atomic E-state index is 10.5. The Bertz CT molecular complexity index is 368. The number of carbonyl (C=O) groups is 1. The number of rotatable bonds is 11. The standard InChI is InChI=1S/C12H26N2O3.C8H18.C3H8.CH3.W/c1-11(2,16)7-9-17-12(3,4)6-5-8-14-10(13)15;1-5-7-8(3,4)6-2;1-3-2;;/h16H,5-9H2,1-4H3,(H3,13,14,15);5-7H2,1-4H3;3H2,1-2H3;1H3;/q;;;-1;. The van der Waals surface area contributed by atoms with Crippen LogP contribution in [0.4, 0.5) is 4.79 Å². The Kier molecular flexibility index (Phi) is 29.6. The fraction of sp³-hybridized carbons (Fsp3) is 0.917. The Morgan fingerprint density at radius 3 is 1.73 bits per heavy atom. The second-order valence-corrected chi connectivity index (χ2v) is 9.54. The van der Waals surface area contributed by atoms with Gasteiger partial charge in [0, 0.05) is 27.6 Å². The van der Waals surface area contributed by atoms with Crippen LogP contribution in [0.5, 0.6) is 0 Å². The molecule has 0 rings (SSSR count). The van der Waals surface area contributed by atoms with E-state index in [-0.39, 0.29) is 34.1 Å². The van der Waals surface area contributed by atoms with Crippen molar-refractivity contribution in [1.82, 2.24) is 5.32 Å². The monoisotopic (exact) mass is 603 g/mol. The fourth-order valence-corrected chi connectivity index (χ4v) is 2.23. The first-order valence-electron chi connectivity index (χ1n) is 11.1. The number of nitrogens with one attached hydrogen (secondary N) is 1. The van der Waals surface area contributed by atoms with Gasteiger partial charge in [-0.15, -0.1) is 0 Å². The molecule has 2 amide bonds. The van der Waals surface area contributed by atoms with Gasteiger partial charge in [0.15, 0.2) is 0 Å². The van der Waals surface area contributed by atoms with E-state index in [1.807, 2.05) is 13.8 Å². The van der Waals surface area contributed by atoms with Gasteiger partial charge in [0.25, 0.3) is 0 Å². The molecule has 0 radical (unpaired) electrons. The molecule has 5 nitrogen and oxygen atoms in total. The van der Waals surface area contributed by atoms with E-state index in [0.29, 0.717) is 25.0 Å². The van der Waals surface area contributed by atoms with Gasteiger partial charge in [-0.2, -0.15) is 0 Å². The van der Waals surface area contributed by atoms with Crippen molar-refractivity contribution in [1.29, 1.82) is 0 Å². The number of aliphatic hydroxyl groups is 1. The van der Waals surface area contributed by atoms with Crippen molar-refractivity contribution in [3.05, 3.63) is 7.43 Å². The molecule has 0 saturated carbocycles. The summed E-state index contributed by atoms with van der Waals surface area (Å²) in [5.41, 5.74) is 4.62. The first-order chi connectivity index (χ1) is 12.7. The van der Waals surface area contributed by atoms with Gasteiger partial charge in [0.1, 0.15) is 0 Å². The van der Waals surface area contributed by atoms with Gasteiger partial charge < -0.3 is 28.3 Å². The van der Waals surface area contributed by atoms with E-state index in [1.54, 1.807) is 13.8 Å². The van der Waals surface area contributed by atoms with Gasteiger partial charge >= 0.3 is 6.03 Å². The summed E-state index contributed by atoms with van der Waals surface area (Å²) in [4.78, 5) is 10.5. The summed E-state index contributed by atoms with van der Waals surface area (Å²) < 4.78 is 5.71. The smallest absolute Gasteiger partial charge is 0.312 e. The summed E-state index contributed by atoms with van der Waals surface area (Å²) in [6.45, 7) is 22.0.